The summed E-state index contributed by atoms with van der Waals surface area (Å²) in [6.45, 7) is 10.1. The van der Waals surface area contributed by atoms with Gasteiger partial charge >= 0.3 is 5.97 Å². The van der Waals surface area contributed by atoms with Gasteiger partial charge in [-0.25, -0.2) is 0 Å². The largest absolute Gasteiger partial charge is 0.481 e. The van der Waals surface area contributed by atoms with Gasteiger partial charge in [0.05, 0.1) is 31.8 Å². The molecule has 0 saturated carbocycles. The zero-order chi connectivity index (χ0) is 19.8. The monoisotopic (exact) mass is 375 g/mol. The van der Waals surface area contributed by atoms with Crippen LogP contribution in [-0.2, 0) is 25.7 Å². The highest BCUT2D eigenvalue weighted by molar-refractivity contribution is 5.79. The van der Waals surface area contributed by atoms with Crippen molar-refractivity contribution in [1.82, 2.24) is 4.90 Å². The molecule has 1 N–H and O–H groups in total. The summed E-state index contributed by atoms with van der Waals surface area (Å²) in [6.07, 6.45) is -0.254. The van der Waals surface area contributed by atoms with Gasteiger partial charge in [-0.3, -0.25) is 9.59 Å². The van der Waals surface area contributed by atoms with Crippen molar-refractivity contribution in [3.8, 4) is 0 Å². The van der Waals surface area contributed by atoms with Crippen LogP contribution in [0.25, 0.3) is 0 Å². The first-order valence-electron chi connectivity index (χ1n) is 9.32. The van der Waals surface area contributed by atoms with E-state index in [1.807, 2.05) is 37.3 Å². The molecule has 1 fully saturated rings. The average molecular weight is 375 g/mol. The Morgan fingerprint density at radius 1 is 1.22 bits per heavy atom. The lowest BCUT2D eigenvalue weighted by Gasteiger charge is -2.31. The van der Waals surface area contributed by atoms with Crippen LogP contribution in [0.4, 0.5) is 0 Å². The minimum atomic E-state index is -0.943. The molecule has 3 atom stereocenters. The van der Waals surface area contributed by atoms with Crippen LogP contribution in [-0.4, -0.2) is 54.3 Å². The smallest absolute Gasteiger partial charge is 0.309 e. The van der Waals surface area contributed by atoms with E-state index in [0.717, 1.165) is 5.56 Å². The summed E-state index contributed by atoms with van der Waals surface area (Å²) >= 11 is 0. The summed E-state index contributed by atoms with van der Waals surface area (Å²) in [6, 6.07) is 9.59. The molecule has 148 valence electrons. The zero-order valence-corrected chi connectivity index (χ0v) is 16.1. The van der Waals surface area contributed by atoms with Gasteiger partial charge in [0, 0.05) is 19.0 Å². The predicted molar refractivity (Wildman–Crippen MR) is 102 cm³/mol. The van der Waals surface area contributed by atoms with Crippen molar-refractivity contribution in [2.24, 2.45) is 11.8 Å². The number of carbonyl (C=O) groups excluding carboxylic acids is 1. The summed E-state index contributed by atoms with van der Waals surface area (Å²) in [7, 11) is 0. The SMILES string of the molecule is C=C(C[C@@H](C)C(=O)N1CCOCC1)[C@H](OCc1ccccc1)[C@@H](C)C(=O)O. The van der Waals surface area contributed by atoms with Crippen molar-refractivity contribution in [3.05, 3.63) is 48.0 Å². The van der Waals surface area contributed by atoms with Gasteiger partial charge in [-0.1, -0.05) is 43.8 Å². The van der Waals surface area contributed by atoms with E-state index in [-0.39, 0.29) is 11.8 Å². The van der Waals surface area contributed by atoms with Crippen molar-refractivity contribution >= 4 is 11.9 Å². The Balaban J connectivity index is 1.99. The quantitative estimate of drug-likeness (QED) is 0.672. The van der Waals surface area contributed by atoms with Crippen LogP contribution in [0.15, 0.2) is 42.5 Å². The number of ether oxygens (including phenoxy) is 2. The average Bonchev–Trinajstić information content (AvgIpc) is 2.68. The molecule has 0 radical (unpaired) electrons. The summed E-state index contributed by atoms with van der Waals surface area (Å²) in [5.74, 6) is -1.92. The Labute approximate surface area is 160 Å². The highest BCUT2D eigenvalue weighted by Crippen LogP contribution is 2.24. The summed E-state index contributed by atoms with van der Waals surface area (Å²) < 4.78 is 11.2. The van der Waals surface area contributed by atoms with E-state index in [0.29, 0.717) is 44.9 Å². The fraction of sp³-hybridized carbons (Fsp3) is 0.524. The van der Waals surface area contributed by atoms with E-state index in [1.54, 1.807) is 11.8 Å². The highest BCUT2D eigenvalue weighted by Gasteiger charge is 2.30. The first kappa shape index (κ1) is 21.1. The van der Waals surface area contributed by atoms with Gasteiger partial charge in [-0.05, 0) is 24.5 Å². The van der Waals surface area contributed by atoms with E-state index >= 15 is 0 Å². The number of benzene rings is 1. The maximum Gasteiger partial charge on any atom is 0.309 e. The van der Waals surface area contributed by atoms with Crippen LogP contribution in [0.1, 0.15) is 25.8 Å². The number of aliphatic carboxylic acids is 1. The van der Waals surface area contributed by atoms with Gasteiger partial charge < -0.3 is 19.5 Å². The van der Waals surface area contributed by atoms with Gasteiger partial charge in [0.15, 0.2) is 0 Å². The molecular formula is C21H29NO5. The topological polar surface area (TPSA) is 76.1 Å². The fourth-order valence-electron chi connectivity index (χ4n) is 3.20. The number of rotatable bonds is 9. The predicted octanol–water partition coefficient (Wildman–Crippen LogP) is 2.73. The molecule has 6 heteroatoms. The second-order valence-corrected chi connectivity index (χ2v) is 7.05. The van der Waals surface area contributed by atoms with Crippen molar-refractivity contribution < 1.29 is 24.2 Å². The minimum Gasteiger partial charge on any atom is -0.481 e. The number of morpholine rings is 1. The van der Waals surface area contributed by atoms with Crippen LogP contribution < -0.4 is 0 Å². The number of carbonyl (C=O) groups is 2. The molecule has 27 heavy (non-hydrogen) atoms. The first-order valence-corrected chi connectivity index (χ1v) is 9.32. The van der Waals surface area contributed by atoms with Crippen LogP contribution in [0, 0.1) is 11.8 Å². The Morgan fingerprint density at radius 3 is 2.44 bits per heavy atom. The second kappa shape index (κ2) is 10.2. The van der Waals surface area contributed by atoms with Gasteiger partial charge in [0.2, 0.25) is 5.91 Å². The highest BCUT2D eigenvalue weighted by atomic mass is 16.5. The van der Waals surface area contributed by atoms with E-state index in [1.165, 1.54) is 0 Å². The molecule has 0 bridgehead atoms. The van der Waals surface area contributed by atoms with Crippen molar-refractivity contribution in [3.63, 3.8) is 0 Å². The number of carboxylic acids is 1. The molecule has 1 aliphatic heterocycles. The molecule has 0 aliphatic carbocycles. The second-order valence-electron chi connectivity index (χ2n) is 7.05. The van der Waals surface area contributed by atoms with Gasteiger partial charge in [-0.15, -0.1) is 0 Å². The summed E-state index contributed by atoms with van der Waals surface area (Å²) in [5.41, 5.74) is 1.60. The molecule has 1 aromatic rings. The maximum atomic E-state index is 12.6. The third-order valence-corrected chi connectivity index (χ3v) is 4.83. The fourth-order valence-corrected chi connectivity index (χ4v) is 3.20. The van der Waals surface area contributed by atoms with Gasteiger partial charge in [0.25, 0.3) is 0 Å². The molecule has 2 rings (SSSR count). The first-order chi connectivity index (χ1) is 12.9. The lowest BCUT2D eigenvalue weighted by atomic mass is 9.91. The number of nitrogens with zero attached hydrogens (tertiary/aromatic N) is 1. The Morgan fingerprint density at radius 2 is 1.85 bits per heavy atom. The molecule has 1 aliphatic rings. The molecule has 1 amide bonds. The number of hydrogen-bond acceptors (Lipinski definition) is 4. The molecular weight excluding hydrogens is 346 g/mol. The maximum absolute atomic E-state index is 12.6. The molecule has 0 spiro atoms. The van der Waals surface area contributed by atoms with Gasteiger partial charge in [-0.2, -0.15) is 0 Å². The van der Waals surface area contributed by atoms with Crippen LogP contribution >= 0.6 is 0 Å². The normalized spacial score (nSPS) is 17.8. The van der Waals surface area contributed by atoms with Crippen molar-refractivity contribution in [2.75, 3.05) is 26.3 Å². The summed E-state index contributed by atoms with van der Waals surface area (Å²) in [4.78, 5) is 25.9. The molecule has 1 aromatic carbocycles. The van der Waals surface area contributed by atoms with Crippen LogP contribution in [0.5, 0.6) is 0 Å². The van der Waals surface area contributed by atoms with Crippen molar-refractivity contribution in [2.45, 2.75) is 33.0 Å². The summed E-state index contributed by atoms with van der Waals surface area (Å²) in [5, 5.41) is 9.44. The Hall–Kier alpha value is -2.18. The lowest BCUT2D eigenvalue weighted by molar-refractivity contribution is -0.145. The minimum absolute atomic E-state index is 0.0456. The van der Waals surface area contributed by atoms with Crippen LogP contribution in [0.2, 0.25) is 0 Å². The third kappa shape index (κ3) is 6.19. The van der Waals surface area contributed by atoms with Crippen molar-refractivity contribution in [1.29, 1.82) is 0 Å². The third-order valence-electron chi connectivity index (χ3n) is 4.83. The molecule has 0 aromatic heterocycles. The number of hydrogen-bond donors (Lipinski definition) is 1. The van der Waals surface area contributed by atoms with E-state index in [9.17, 15) is 14.7 Å². The van der Waals surface area contributed by atoms with E-state index < -0.39 is 18.0 Å². The zero-order valence-electron chi connectivity index (χ0n) is 16.1. The Kier molecular flexibility index (Phi) is 8.00. The molecule has 0 unspecified atom stereocenters. The van der Waals surface area contributed by atoms with E-state index in [2.05, 4.69) is 6.58 Å². The standard InChI is InChI=1S/C21H29NO5/c1-15(13-16(2)20(23)22-9-11-26-12-10-22)19(17(3)21(24)25)27-14-18-7-5-4-6-8-18/h4-8,16-17,19H,1,9-14H2,2-3H3,(H,24,25)/t16-,17-,19+/m1/s1. The number of carboxylic acid groups (broad SMARTS) is 1. The lowest BCUT2D eigenvalue weighted by Crippen LogP contribution is -2.43. The molecule has 1 heterocycles. The Bertz CT molecular complexity index is 639. The van der Waals surface area contributed by atoms with Gasteiger partial charge in [0.1, 0.15) is 0 Å². The molecule has 6 nitrogen and oxygen atoms in total. The van der Waals surface area contributed by atoms with E-state index in [4.69, 9.17) is 9.47 Å². The number of amides is 1. The molecule has 1 saturated heterocycles. The van der Waals surface area contributed by atoms with Crippen LogP contribution in [0.3, 0.4) is 0 Å².